The first-order chi connectivity index (χ1) is 5.97. The Balaban J connectivity index is 0. The summed E-state index contributed by atoms with van der Waals surface area (Å²) in [4.78, 5) is 6.22. The third-order valence-corrected chi connectivity index (χ3v) is 1.89. The smallest absolute Gasteiger partial charge is 0.192 e. The monoisotopic (exact) mass is 241 g/mol. The Bertz CT molecular complexity index is 148. The van der Waals surface area contributed by atoms with Crippen molar-refractivity contribution >= 4 is 33.3 Å². The molecule has 0 aromatic rings. The molecule has 13 heavy (non-hydrogen) atoms. The SMILES string of the molecule is CN(C)C(=N)N(C)C.PN=PNP. The predicted molar refractivity (Wildman–Crippen MR) is 67.0 cm³/mol. The summed E-state index contributed by atoms with van der Waals surface area (Å²) in [5, 5.41) is 7.25. The lowest BCUT2D eigenvalue weighted by molar-refractivity contribution is 0.478. The van der Waals surface area contributed by atoms with Crippen molar-refractivity contribution in [1.29, 1.82) is 5.41 Å². The molecule has 2 atom stereocenters. The van der Waals surface area contributed by atoms with Crippen LogP contribution in [0.25, 0.3) is 0 Å². The Morgan fingerprint density at radius 1 is 1.31 bits per heavy atom. The topological polar surface area (TPSA) is 54.7 Å². The van der Waals surface area contributed by atoms with E-state index in [0.29, 0.717) is 5.96 Å². The Hall–Kier alpha value is 0.190. The van der Waals surface area contributed by atoms with E-state index in [2.05, 4.69) is 28.2 Å². The molecule has 0 aliphatic carbocycles. The van der Waals surface area contributed by atoms with Crippen LogP contribution in [0.5, 0.6) is 0 Å². The summed E-state index contributed by atoms with van der Waals surface area (Å²) >= 11 is 0. The zero-order valence-electron chi connectivity index (χ0n) is 8.44. The van der Waals surface area contributed by atoms with Gasteiger partial charge in [-0.15, -0.1) is 0 Å². The summed E-state index contributed by atoms with van der Waals surface area (Å²) in [6.07, 6.45) is 0. The van der Waals surface area contributed by atoms with Gasteiger partial charge in [-0.3, -0.25) is 5.41 Å². The third kappa shape index (κ3) is 12.2. The van der Waals surface area contributed by atoms with Crippen LogP contribution >= 0.6 is 27.3 Å². The minimum absolute atomic E-state index is 0.519. The molecule has 5 nitrogen and oxygen atoms in total. The van der Waals surface area contributed by atoms with E-state index >= 15 is 0 Å². The molecule has 78 valence electrons. The maximum Gasteiger partial charge on any atom is 0.192 e. The highest BCUT2D eigenvalue weighted by Gasteiger charge is 1.97. The highest BCUT2D eigenvalue weighted by atomic mass is 31.1. The quantitative estimate of drug-likeness (QED) is 0.412. The first kappa shape index (κ1) is 15.7. The summed E-state index contributed by atoms with van der Waals surface area (Å²) in [5.74, 6) is 0.519. The van der Waals surface area contributed by atoms with Gasteiger partial charge < -0.3 is 9.80 Å². The van der Waals surface area contributed by atoms with Crippen molar-refractivity contribution in [1.82, 2.24) is 14.7 Å². The number of nitrogens with one attached hydrogen (secondary N) is 2. The molecule has 0 aromatic heterocycles. The highest BCUT2D eigenvalue weighted by Crippen LogP contribution is 1.98. The van der Waals surface area contributed by atoms with Crippen molar-refractivity contribution in [3.05, 3.63) is 0 Å². The number of guanidine groups is 1. The number of hydrogen-bond acceptors (Lipinski definition) is 2. The van der Waals surface area contributed by atoms with Crippen molar-refractivity contribution < 1.29 is 0 Å². The lowest BCUT2D eigenvalue weighted by Crippen LogP contribution is -2.34. The van der Waals surface area contributed by atoms with Gasteiger partial charge in [-0.05, 0) is 9.39 Å². The second-order valence-electron chi connectivity index (χ2n) is 2.46. The summed E-state index contributed by atoms with van der Waals surface area (Å²) in [6.45, 7) is 0. The molecule has 2 N–H and O–H groups in total. The van der Waals surface area contributed by atoms with Gasteiger partial charge >= 0.3 is 0 Å². The average molecular weight is 241 g/mol. The molecule has 0 fully saturated rings. The molecule has 0 aliphatic rings. The molecule has 8 heteroatoms. The minimum Gasteiger partial charge on any atom is -0.349 e. The average Bonchev–Trinajstić information content (AvgIpc) is 2.05. The highest BCUT2D eigenvalue weighted by molar-refractivity contribution is 7.41. The Morgan fingerprint density at radius 3 is 1.69 bits per heavy atom. The maximum atomic E-state index is 7.25. The van der Waals surface area contributed by atoms with Crippen LogP contribution in [0.15, 0.2) is 4.52 Å². The number of nitrogens with zero attached hydrogens (tertiary/aromatic N) is 3. The molecule has 0 saturated heterocycles. The largest absolute Gasteiger partial charge is 0.349 e. The van der Waals surface area contributed by atoms with E-state index in [1.807, 2.05) is 28.2 Å². The van der Waals surface area contributed by atoms with E-state index in [1.54, 1.807) is 9.80 Å². The van der Waals surface area contributed by atoms with Crippen LogP contribution in [0.1, 0.15) is 0 Å². The molecule has 2 unspecified atom stereocenters. The van der Waals surface area contributed by atoms with Gasteiger partial charge in [0.2, 0.25) is 0 Å². The van der Waals surface area contributed by atoms with E-state index in [-0.39, 0.29) is 0 Å². The molecule has 0 amide bonds. The molecule has 0 spiro atoms. The van der Waals surface area contributed by atoms with E-state index in [0.717, 1.165) is 8.52 Å². The van der Waals surface area contributed by atoms with Crippen molar-refractivity contribution in [2.45, 2.75) is 0 Å². The molecular formula is C5H18N5P3. The van der Waals surface area contributed by atoms with Crippen LogP contribution in [0, 0.1) is 5.41 Å². The van der Waals surface area contributed by atoms with Crippen LogP contribution in [0.3, 0.4) is 0 Å². The van der Waals surface area contributed by atoms with Gasteiger partial charge in [0.25, 0.3) is 0 Å². The van der Waals surface area contributed by atoms with E-state index in [9.17, 15) is 0 Å². The van der Waals surface area contributed by atoms with Crippen LogP contribution in [0.2, 0.25) is 0 Å². The second-order valence-corrected chi connectivity index (χ2v) is 4.61. The van der Waals surface area contributed by atoms with E-state index < -0.39 is 0 Å². The van der Waals surface area contributed by atoms with Gasteiger partial charge in [0.05, 0.1) is 8.52 Å². The van der Waals surface area contributed by atoms with Gasteiger partial charge in [-0.25, -0.2) is 9.37 Å². The summed E-state index contributed by atoms with van der Waals surface area (Å²) < 4.78 is 3.61. The zero-order chi connectivity index (χ0) is 10.9. The molecule has 0 saturated carbocycles. The fourth-order valence-corrected chi connectivity index (χ4v) is 1.30. The summed E-state index contributed by atoms with van der Waals surface area (Å²) in [5.41, 5.74) is 0. The lowest BCUT2D eigenvalue weighted by Gasteiger charge is -2.19. The Morgan fingerprint density at radius 2 is 1.69 bits per heavy atom. The van der Waals surface area contributed by atoms with Gasteiger partial charge in [-0.1, -0.05) is 9.39 Å². The van der Waals surface area contributed by atoms with Crippen LogP contribution in [-0.2, 0) is 0 Å². The first-order valence-corrected chi connectivity index (χ1v) is 5.40. The Labute approximate surface area is 86.6 Å². The molecule has 0 rings (SSSR count). The minimum atomic E-state index is 0.519. The first-order valence-electron chi connectivity index (χ1n) is 3.46. The van der Waals surface area contributed by atoms with Gasteiger partial charge in [0.15, 0.2) is 5.96 Å². The van der Waals surface area contributed by atoms with Crippen LogP contribution < -0.4 is 4.86 Å². The summed E-state index contributed by atoms with van der Waals surface area (Å²) in [6, 6.07) is 0. The fraction of sp³-hybridized carbons (Fsp3) is 0.800. The van der Waals surface area contributed by atoms with E-state index in [4.69, 9.17) is 5.41 Å². The van der Waals surface area contributed by atoms with Crippen molar-refractivity contribution in [2.75, 3.05) is 28.2 Å². The van der Waals surface area contributed by atoms with Gasteiger partial charge in [-0.2, -0.15) is 0 Å². The van der Waals surface area contributed by atoms with Crippen molar-refractivity contribution in [3.8, 4) is 0 Å². The van der Waals surface area contributed by atoms with Gasteiger partial charge in [0, 0.05) is 28.2 Å². The van der Waals surface area contributed by atoms with Gasteiger partial charge in [0.1, 0.15) is 0 Å². The number of rotatable bonds is 1. The molecule has 0 aromatic carbocycles. The molecular weight excluding hydrogens is 223 g/mol. The standard InChI is InChI=1S/C5H13N3.H5N2P3/c1-7(2)5(6)8(3)4;3-1-5-2-4/h6H,1-4H3;3-4H2,(H,1,2). The Kier molecular flexibility index (Phi) is 12.4. The molecule has 0 radical (unpaired) electrons. The summed E-state index contributed by atoms with van der Waals surface area (Å²) in [7, 11) is 12.8. The fourth-order valence-electron chi connectivity index (χ4n) is 0.433. The van der Waals surface area contributed by atoms with Crippen molar-refractivity contribution in [3.63, 3.8) is 0 Å². The van der Waals surface area contributed by atoms with E-state index in [1.165, 1.54) is 0 Å². The normalized spacial score (nSPS) is 9.08. The predicted octanol–water partition coefficient (Wildman–Crippen LogP) is 1.25. The maximum absolute atomic E-state index is 7.25. The zero-order valence-corrected chi connectivity index (χ0v) is 11.6. The number of hydrogen-bond donors (Lipinski definition) is 2. The molecule has 0 aliphatic heterocycles. The molecule has 0 bridgehead atoms. The second kappa shape index (κ2) is 10.3. The molecule has 0 heterocycles. The van der Waals surface area contributed by atoms with Crippen molar-refractivity contribution in [2.24, 2.45) is 4.52 Å². The third-order valence-electron chi connectivity index (χ3n) is 0.963. The van der Waals surface area contributed by atoms with Crippen LogP contribution in [-0.4, -0.2) is 44.0 Å². The van der Waals surface area contributed by atoms with Crippen LogP contribution in [0.4, 0.5) is 0 Å². The lowest BCUT2D eigenvalue weighted by atomic mass is 10.7.